The topological polar surface area (TPSA) is 62.2 Å². The highest BCUT2D eigenvalue weighted by molar-refractivity contribution is 7.14. The second-order valence-corrected chi connectivity index (χ2v) is 5.13. The summed E-state index contributed by atoms with van der Waals surface area (Å²) in [4.78, 5) is 14.7. The van der Waals surface area contributed by atoms with Crippen LogP contribution in [-0.4, -0.2) is 16.1 Å². The van der Waals surface area contributed by atoms with Gasteiger partial charge < -0.3 is 10.4 Å². The van der Waals surface area contributed by atoms with E-state index in [9.17, 15) is 4.79 Å². The number of carboxylic acid groups (broad SMARTS) is 1. The fourth-order valence-corrected chi connectivity index (χ4v) is 2.39. The third-order valence-corrected chi connectivity index (χ3v) is 3.51. The van der Waals surface area contributed by atoms with E-state index in [2.05, 4.69) is 29.4 Å². The Morgan fingerprint density at radius 1 is 1.37 bits per heavy atom. The Bertz CT molecular complexity index is 549. The largest absolute Gasteiger partial charge is 0.476 e. The van der Waals surface area contributed by atoms with Crippen LogP contribution in [0.25, 0.3) is 0 Å². The Kier molecular flexibility index (Phi) is 4.52. The summed E-state index contributed by atoms with van der Waals surface area (Å²) in [6.07, 6.45) is 3.48. The number of carboxylic acids is 1. The molecule has 2 rings (SSSR count). The van der Waals surface area contributed by atoms with Crippen molar-refractivity contribution in [3.8, 4) is 0 Å². The van der Waals surface area contributed by atoms with Crippen LogP contribution in [0, 0.1) is 0 Å². The quantitative estimate of drug-likeness (QED) is 0.839. The molecule has 100 valence electrons. The summed E-state index contributed by atoms with van der Waals surface area (Å²) in [5, 5.41) is 14.0. The molecule has 19 heavy (non-hydrogen) atoms. The molecule has 4 nitrogen and oxygen atoms in total. The number of benzene rings is 1. The first-order chi connectivity index (χ1) is 9.19. The van der Waals surface area contributed by atoms with Gasteiger partial charge in [-0.3, -0.25) is 0 Å². The van der Waals surface area contributed by atoms with E-state index in [-0.39, 0.29) is 5.69 Å². The number of rotatable bonds is 6. The van der Waals surface area contributed by atoms with E-state index in [4.69, 9.17) is 5.11 Å². The first-order valence-corrected chi connectivity index (χ1v) is 7.12. The van der Waals surface area contributed by atoms with E-state index >= 15 is 0 Å². The number of nitrogens with zero attached hydrogens (tertiary/aromatic N) is 1. The summed E-state index contributed by atoms with van der Waals surface area (Å²) < 4.78 is 0. The molecule has 0 spiro atoms. The number of nitrogens with one attached hydrogen (secondary N) is 1. The van der Waals surface area contributed by atoms with Crippen LogP contribution in [0.2, 0.25) is 0 Å². The number of aryl methyl sites for hydroxylation is 1. The van der Waals surface area contributed by atoms with Gasteiger partial charge in [0.05, 0.1) is 0 Å². The second kappa shape index (κ2) is 6.33. The average Bonchev–Trinajstić information content (AvgIpc) is 2.87. The van der Waals surface area contributed by atoms with Crippen LogP contribution in [0.5, 0.6) is 0 Å². The van der Waals surface area contributed by atoms with Gasteiger partial charge in [0.25, 0.3) is 0 Å². The van der Waals surface area contributed by atoms with Crippen molar-refractivity contribution in [1.82, 2.24) is 4.98 Å². The van der Waals surface area contributed by atoms with E-state index in [1.807, 2.05) is 12.1 Å². The van der Waals surface area contributed by atoms with Crippen molar-refractivity contribution in [2.45, 2.75) is 26.2 Å². The number of hydrogen-bond acceptors (Lipinski definition) is 4. The van der Waals surface area contributed by atoms with Crippen molar-refractivity contribution in [2.75, 3.05) is 5.32 Å². The molecule has 0 unspecified atom stereocenters. The van der Waals surface area contributed by atoms with Gasteiger partial charge in [-0.2, -0.15) is 0 Å². The highest BCUT2D eigenvalue weighted by Crippen LogP contribution is 2.21. The zero-order chi connectivity index (χ0) is 13.7. The van der Waals surface area contributed by atoms with Gasteiger partial charge in [0.2, 0.25) is 0 Å². The minimum absolute atomic E-state index is 0.0760. The third kappa shape index (κ3) is 3.79. The van der Waals surface area contributed by atoms with Crippen LogP contribution in [0.3, 0.4) is 0 Å². The van der Waals surface area contributed by atoms with Crippen molar-refractivity contribution < 1.29 is 9.90 Å². The Balaban J connectivity index is 2.00. The molecule has 0 atom stereocenters. The van der Waals surface area contributed by atoms with Gasteiger partial charge in [-0.1, -0.05) is 25.5 Å². The van der Waals surface area contributed by atoms with Crippen LogP contribution in [-0.2, 0) is 6.42 Å². The fraction of sp³-hybridized carbons (Fsp3) is 0.286. The predicted molar refractivity (Wildman–Crippen MR) is 77.4 cm³/mol. The first-order valence-electron chi connectivity index (χ1n) is 6.24. The molecule has 1 heterocycles. The standard InChI is InChI=1S/C14H16N2O2S/c1-2-3-4-10-5-7-11(8-6-10)15-14-16-12(9-19-14)13(17)18/h5-9H,2-4H2,1H3,(H,15,16)(H,17,18). The lowest BCUT2D eigenvalue weighted by Crippen LogP contribution is -1.97. The van der Waals surface area contributed by atoms with Crippen molar-refractivity contribution in [3.63, 3.8) is 0 Å². The van der Waals surface area contributed by atoms with Gasteiger partial charge in [0.1, 0.15) is 0 Å². The lowest BCUT2D eigenvalue weighted by atomic mass is 10.1. The lowest BCUT2D eigenvalue weighted by Gasteiger charge is -2.04. The smallest absolute Gasteiger partial charge is 0.355 e. The summed E-state index contributed by atoms with van der Waals surface area (Å²) >= 11 is 1.29. The maximum absolute atomic E-state index is 10.7. The van der Waals surface area contributed by atoms with Crippen LogP contribution in [0.15, 0.2) is 29.6 Å². The monoisotopic (exact) mass is 276 g/mol. The molecule has 0 bridgehead atoms. The minimum atomic E-state index is -1.00. The molecule has 2 aromatic rings. The Morgan fingerprint density at radius 3 is 2.68 bits per heavy atom. The summed E-state index contributed by atoms with van der Waals surface area (Å²) in [5.74, 6) is -1.00. The van der Waals surface area contributed by atoms with Gasteiger partial charge in [0.15, 0.2) is 10.8 Å². The van der Waals surface area contributed by atoms with Crippen molar-refractivity contribution >= 4 is 28.1 Å². The van der Waals surface area contributed by atoms with E-state index in [1.165, 1.54) is 35.1 Å². The Morgan fingerprint density at radius 2 is 2.11 bits per heavy atom. The number of carbonyl (C=O) groups is 1. The van der Waals surface area contributed by atoms with Crippen molar-refractivity contribution in [1.29, 1.82) is 0 Å². The number of hydrogen-bond donors (Lipinski definition) is 2. The molecule has 1 aromatic heterocycles. The SMILES string of the molecule is CCCCc1ccc(Nc2nc(C(=O)O)cs2)cc1. The van der Waals surface area contributed by atoms with E-state index in [0.717, 1.165) is 12.1 Å². The summed E-state index contributed by atoms with van der Waals surface area (Å²) in [7, 11) is 0. The van der Waals surface area contributed by atoms with E-state index in [0.29, 0.717) is 5.13 Å². The zero-order valence-electron chi connectivity index (χ0n) is 10.7. The molecule has 0 aliphatic rings. The van der Waals surface area contributed by atoms with Gasteiger partial charge in [-0.25, -0.2) is 9.78 Å². The van der Waals surface area contributed by atoms with Gasteiger partial charge >= 0.3 is 5.97 Å². The molecule has 0 saturated heterocycles. The predicted octanol–water partition coefficient (Wildman–Crippen LogP) is 3.93. The highest BCUT2D eigenvalue weighted by atomic mass is 32.1. The maximum atomic E-state index is 10.7. The molecule has 0 saturated carbocycles. The zero-order valence-corrected chi connectivity index (χ0v) is 11.5. The Hall–Kier alpha value is -1.88. The summed E-state index contributed by atoms with van der Waals surface area (Å²) in [6, 6.07) is 8.16. The van der Waals surface area contributed by atoms with Gasteiger partial charge in [0, 0.05) is 11.1 Å². The van der Waals surface area contributed by atoms with Crippen molar-refractivity contribution in [2.24, 2.45) is 0 Å². The molecule has 5 heteroatoms. The normalized spacial score (nSPS) is 10.4. The molecule has 0 fully saturated rings. The van der Waals surface area contributed by atoms with E-state index in [1.54, 1.807) is 0 Å². The van der Waals surface area contributed by atoms with Gasteiger partial charge in [-0.15, -0.1) is 11.3 Å². The molecular weight excluding hydrogens is 260 g/mol. The molecular formula is C14H16N2O2S. The minimum Gasteiger partial charge on any atom is -0.476 e. The van der Waals surface area contributed by atoms with Crippen LogP contribution < -0.4 is 5.32 Å². The lowest BCUT2D eigenvalue weighted by molar-refractivity contribution is 0.0691. The number of thiazole rings is 1. The van der Waals surface area contributed by atoms with Crippen LogP contribution >= 0.6 is 11.3 Å². The number of aromatic carboxylic acids is 1. The van der Waals surface area contributed by atoms with E-state index < -0.39 is 5.97 Å². The number of anilines is 2. The van der Waals surface area contributed by atoms with Crippen LogP contribution in [0.4, 0.5) is 10.8 Å². The fourth-order valence-electron chi connectivity index (χ4n) is 1.69. The number of aromatic nitrogens is 1. The summed E-state index contributed by atoms with van der Waals surface area (Å²) in [5.41, 5.74) is 2.32. The van der Waals surface area contributed by atoms with Gasteiger partial charge in [-0.05, 0) is 30.5 Å². The second-order valence-electron chi connectivity index (χ2n) is 4.27. The molecule has 1 aromatic carbocycles. The molecule has 0 radical (unpaired) electrons. The maximum Gasteiger partial charge on any atom is 0.355 e. The van der Waals surface area contributed by atoms with Crippen molar-refractivity contribution in [3.05, 3.63) is 40.9 Å². The third-order valence-electron chi connectivity index (χ3n) is 2.75. The molecule has 2 N–H and O–H groups in total. The molecule has 0 aliphatic carbocycles. The number of unbranched alkanes of at least 4 members (excludes halogenated alkanes) is 1. The molecule has 0 amide bonds. The summed E-state index contributed by atoms with van der Waals surface area (Å²) in [6.45, 7) is 2.18. The first kappa shape index (κ1) is 13.5. The highest BCUT2D eigenvalue weighted by Gasteiger charge is 2.08. The van der Waals surface area contributed by atoms with Crippen LogP contribution in [0.1, 0.15) is 35.8 Å². The molecule has 0 aliphatic heterocycles. The Labute approximate surface area is 116 Å². The average molecular weight is 276 g/mol.